The minimum absolute atomic E-state index is 0.0399. The zero-order valence-electron chi connectivity index (χ0n) is 44.9. The van der Waals surface area contributed by atoms with E-state index in [9.17, 15) is 77.4 Å². The largest absolute Gasteiger partial charge is 0.610 e. The Bertz CT molecular complexity index is 2710. The summed E-state index contributed by atoms with van der Waals surface area (Å²) >= 11 is -2.43. The Hall–Kier alpha value is -7.61. The number of aliphatic hydroxyl groups excluding tert-OH is 3. The van der Waals surface area contributed by atoms with Crippen LogP contribution < -0.4 is 53.0 Å². The van der Waals surface area contributed by atoms with E-state index in [1.807, 2.05) is 0 Å². The third kappa shape index (κ3) is 16.5. The second-order valence-corrected chi connectivity index (χ2v) is 21.7. The Morgan fingerprint density at radius 2 is 1.52 bits per heavy atom. The first-order valence-electron chi connectivity index (χ1n) is 26.6. The van der Waals surface area contributed by atoms with Crippen molar-refractivity contribution in [1.82, 2.24) is 57.5 Å². The first-order chi connectivity index (χ1) is 38.5. The van der Waals surface area contributed by atoms with Gasteiger partial charge in [-0.05, 0) is 30.9 Å². The fourth-order valence-electron chi connectivity index (χ4n) is 9.52. The van der Waals surface area contributed by atoms with Crippen LogP contribution in [0.4, 0.5) is 4.79 Å². The molecule has 2 bridgehead atoms. The summed E-state index contributed by atoms with van der Waals surface area (Å²) in [5.41, 5.74) is 5.89. The van der Waals surface area contributed by atoms with E-state index >= 15 is 0 Å². The second kappa shape index (κ2) is 28.7. The van der Waals surface area contributed by atoms with Gasteiger partial charge >= 0.3 is 6.09 Å². The molecule has 30 nitrogen and oxygen atoms in total. The summed E-state index contributed by atoms with van der Waals surface area (Å²) in [7, 11) is 0. The molecule has 2 unspecified atom stereocenters. The molecule has 5 heterocycles. The van der Waals surface area contributed by atoms with Gasteiger partial charge in [0, 0.05) is 72.9 Å². The zero-order chi connectivity index (χ0) is 59.2. The fourth-order valence-corrected chi connectivity index (χ4v) is 10.9. The van der Waals surface area contributed by atoms with Crippen molar-refractivity contribution in [3.8, 4) is 5.75 Å². The highest BCUT2D eigenvalue weighted by molar-refractivity contribution is 7.91. The molecule has 2 fully saturated rings. The number of aromatic nitrogens is 1. The zero-order valence-corrected chi connectivity index (χ0v) is 45.7. The Morgan fingerprint density at radius 3 is 2.20 bits per heavy atom. The quantitative estimate of drug-likeness (QED) is 0.0426. The maximum absolute atomic E-state index is 15.0. The van der Waals surface area contributed by atoms with Crippen LogP contribution in [0.25, 0.3) is 10.9 Å². The number of amides is 12. The molecule has 2 aromatic rings. The van der Waals surface area contributed by atoms with Crippen molar-refractivity contribution >= 4 is 93.2 Å². The number of H-pyrrole nitrogens is 1. The average Bonchev–Trinajstić information content (AvgIpc) is 4.05. The first kappa shape index (κ1) is 62.6. The molecule has 2 saturated heterocycles. The van der Waals surface area contributed by atoms with Crippen LogP contribution in [-0.2, 0) is 75.2 Å². The van der Waals surface area contributed by atoms with E-state index in [0.29, 0.717) is 48.3 Å². The minimum atomic E-state index is -2.43. The van der Waals surface area contributed by atoms with Crippen molar-refractivity contribution in [2.45, 2.75) is 138 Å². The van der Waals surface area contributed by atoms with Gasteiger partial charge in [-0.1, -0.05) is 40.0 Å². The molecule has 6 rings (SSSR count). The third-order valence-electron chi connectivity index (χ3n) is 14.3. The molecule has 4 aliphatic rings. The molecule has 0 radical (unpaired) electrons. The van der Waals surface area contributed by atoms with Gasteiger partial charge in [0.2, 0.25) is 58.2 Å². The van der Waals surface area contributed by atoms with Crippen molar-refractivity contribution in [3.63, 3.8) is 0 Å². The summed E-state index contributed by atoms with van der Waals surface area (Å²) in [6, 6.07) is -5.47. The lowest BCUT2D eigenvalue weighted by Gasteiger charge is -2.32. The van der Waals surface area contributed by atoms with Crippen LogP contribution in [0.2, 0.25) is 0 Å². The standard InChI is InChI=1S/C50H70N12O18S/c1-4-24(2)41-46(74)54-19-37(67)55-33-23-81(78)48-29(28-10-9-27(16-30(28)58-48)79-14-8-6-5-7-13-52-50(77)80-62-39(69)11-12-40(62)70)17-31(43(71)53-20-38(68)59-41)56-47(75)42(25(3)35(65)22-63)60-45(73)34-15-26(64)21-61(34)49(76)32(18-36(51)66)57-44(33)72/h9-10,16,24-26,31-35,41-42,58,63-65H,4-8,11-15,17-23H2,1-3H3,(H2,51,66)(H,52,77)(H,53,71)(H,54,74)(H,55,67)(H,56,75)(H,57,72)(H,59,68)(H,60,73)/t24-,25-,26+,31-,32-,33-,34?,35-,41-,42-,81?/m0/s1. The van der Waals surface area contributed by atoms with E-state index in [-0.39, 0.29) is 42.1 Å². The molecule has 4 aliphatic heterocycles. The van der Waals surface area contributed by atoms with Gasteiger partial charge in [-0.2, -0.15) is 0 Å². The number of fused-ring (bicyclic) bond motifs is 5. The lowest BCUT2D eigenvalue weighted by atomic mass is 9.93. The van der Waals surface area contributed by atoms with Gasteiger partial charge in [0.15, 0.2) is 6.04 Å². The van der Waals surface area contributed by atoms with Crippen LogP contribution >= 0.6 is 0 Å². The van der Waals surface area contributed by atoms with Crippen LogP contribution in [-0.4, -0.2) is 199 Å². The van der Waals surface area contributed by atoms with Gasteiger partial charge in [-0.15, -0.1) is 5.06 Å². The molecule has 31 heteroatoms. The lowest BCUT2D eigenvalue weighted by molar-refractivity contribution is -0.171. The Kier molecular flexibility index (Phi) is 22.2. The summed E-state index contributed by atoms with van der Waals surface area (Å²) in [4.78, 5) is 170. The van der Waals surface area contributed by atoms with Crippen molar-refractivity contribution in [1.29, 1.82) is 0 Å². The number of imide groups is 1. The number of aliphatic hydroxyl groups is 3. The Balaban J connectivity index is 1.38. The highest BCUT2D eigenvalue weighted by Gasteiger charge is 2.45. The van der Waals surface area contributed by atoms with Gasteiger partial charge in [-0.3, -0.25) is 52.7 Å². The summed E-state index contributed by atoms with van der Waals surface area (Å²) in [5, 5.41) is 52.0. The number of rotatable bonds is 16. The number of hydrogen-bond donors (Lipinski definition) is 13. The predicted molar refractivity (Wildman–Crippen MR) is 280 cm³/mol. The second-order valence-electron chi connectivity index (χ2n) is 20.3. The highest BCUT2D eigenvalue weighted by atomic mass is 32.2. The van der Waals surface area contributed by atoms with Gasteiger partial charge in [0.25, 0.3) is 11.8 Å². The van der Waals surface area contributed by atoms with E-state index in [1.165, 1.54) is 6.92 Å². The Morgan fingerprint density at radius 1 is 0.840 bits per heavy atom. The molecular formula is C50H70N12O18S. The molecule has 0 spiro atoms. The number of carbonyl (C=O) groups is 12. The summed E-state index contributed by atoms with van der Waals surface area (Å²) in [6.45, 7) is 2.05. The number of primary amides is 1. The van der Waals surface area contributed by atoms with Crippen LogP contribution in [0.15, 0.2) is 23.2 Å². The lowest BCUT2D eigenvalue weighted by Crippen LogP contribution is -2.62. The third-order valence-corrected chi connectivity index (χ3v) is 15.7. The van der Waals surface area contributed by atoms with Crippen LogP contribution in [0.5, 0.6) is 5.75 Å². The summed E-state index contributed by atoms with van der Waals surface area (Å²) in [6.07, 6.45) is -3.23. The molecule has 81 heavy (non-hydrogen) atoms. The number of ether oxygens (including phenoxy) is 1. The number of aromatic amines is 1. The molecular weight excluding hydrogens is 1090 g/mol. The SMILES string of the molecule is CC[C@H](C)[C@@H]1NC(=O)CNC(=O)[C@@H]2Cc3c([nH]c4cc(OCCCCCCNC(=O)ON5C(=O)CCC5=O)ccc34)[S+]([O-])C[C@H](NC(=O)CNC1=O)C(=O)N[C@@H](CC(N)=O)C(=O)N1C[C@H](O)CC1C(=O)N[C@@H]([C@@H](C)[C@@H](O)CO)C(=O)N2. The highest BCUT2D eigenvalue weighted by Crippen LogP contribution is 2.32. The monoisotopic (exact) mass is 1160 g/mol. The number of hydroxylamine groups is 2. The van der Waals surface area contributed by atoms with E-state index < -0.39 is 194 Å². The summed E-state index contributed by atoms with van der Waals surface area (Å²) < 4.78 is 21.0. The molecule has 14 N–H and O–H groups in total. The number of nitrogens with two attached hydrogens (primary N) is 1. The van der Waals surface area contributed by atoms with Gasteiger partial charge in [0.1, 0.15) is 41.7 Å². The van der Waals surface area contributed by atoms with Crippen molar-refractivity contribution in [3.05, 3.63) is 23.8 Å². The number of nitrogens with zero attached hydrogens (tertiary/aromatic N) is 2. The number of hydrogen-bond acceptors (Lipinski definition) is 18. The summed E-state index contributed by atoms with van der Waals surface area (Å²) in [5.74, 6) is -12.9. The fraction of sp³-hybridized carbons (Fsp3) is 0.600. The van der Waals surface area contributed by atoms with Crippen molar-refractivity contribution in [2.75, 3.05) is 45.1 Å². The molecule has 0 aliphatic carbocycles. The van der Waals surface area contributed by atoms with Crippen LogP contribution in [0.1, 0.15) is 84.1 Å². The molecule has 0 saturated carbocycles. The topological polar surface area (TPSA) is 452 Å². The van der Waals surface area contributed by atoms with Crippen LogP contribution in [0, 0.1) is 11.8 Å². The molecule has 1 aromatic heterocycles. The number of nitrogens with one attached hydrogen (secondary N) is 9. The first-order valence-corrected chi connectivity index (χ1v) is 27.9. The van der Waals surface area contributed by atoms with Crippen molar-refractivity contribution < 1.29 is 87.0 Å². The van der Waals surface area contributed by atoms with E-state index in [1.54, 1.807) is 32.0 Å². The van der Waals surface area contributed by atoms with Crippen LogP contribution in [0.3, 0.4) is 0 Å². The van der Waals surface area contributed by atoms with Gasteiger partial charge in [0.05, 0.1) is 50.4 Å². The van der Waals surface area contributed by atoms with Crippen molar-refractivity contribution in [2.24, 2.45) is 17.6 Å². The molecule has 444 valence electrons. The number of unbranched alkanes of at least 4 members (excludes halogenated alkanes) is 3. The maximum atomic E-state index is 15.0. The molecule has 11 atom stereocenters. The minimum Gasteiger partial charge on any atom is -0.610 e. The van der Waals surface area contributed by atoms with E-state index in [0.717, 1.165) is 4.90 Å². The van der Waals surface area contributed by atoms with E-state index in [2.05, 4.69) is 47.5 Å². The smallest absolute Gasteiger partial charge is 0.432 e. The van der Waals surface area contributed by atoms with E-state index in [4.69, 9.17) is 15.3 Å². The Labute approximate surface area is 466 Å². The normalized spacial score (nSPS) is 25.9. The number of carbonyl (C=O) groups excluding carboxylic acids is 12. The predicted octanol–water partition coefficient (Wildman–Crippen LogP) is -4.90. The van der Waals surface area contributed by atoms with Gasteiger partial charge < -0.3 is 87.6 Å². The van der Waals surface area contributed by atoms with Gasteiger partial charge in [-0.25, -0.2) is 4.79 Å². The average molecular weight is 1160 g/mol. The number of benzene rings is 1. The maximum Gasteiger partial charge on any atom is 0.432 e. The molecule has 12 amide bonds. The molecule has 1 aromatic carbocycles.